The van der Waals surface area contributed by atoms with Gasteiger partial charge in [-0.05, 0) is 66.3 Å². The standard InChI is InChI=1S/C36H44ClN5O5S/c1-34(2,3)33(35(4,5)6)36(19-11-8-12-20-36)47-32(44)28-26(23-15-17-24(37)18-16-23)21-42-22-27(29(38)39-30(28)42)31(43)41-48(45,46)40-25-13-9-7-10-14-25/h7,9-10,13-18,21-22,33,40H,8,11-12,19-20H2,1-6H3,(H2,38,39)(H,41,43). The van der Waals surface area contributed by atoms with E-state index in [1.54, 1.807) is 60.8 Å². The third kappa shape index (κ3) is 7.47. The van der Waals surface area contributed by atoms with Crippen molar-refractivity contribution in [1.82, 2.24) is 14.1 Å². The lowest BCUT2D eigenvalue weighted by Crippen LogP contribution is -2.54. The summed E-state index contributed by atoms with van der Waals surface area (Å²) in [6.07, 6.45) is 7.48. The fourth-order valence-corrected chi connectivity index (χ4v) is 8.88. The van der Waals surface area contributed by atoms with E-state index in [-0.39, 0.29) is 45.0 Å². The Kier molecular flexibility index (Phi) is 9.60. The second kappa shape index (κ2) is 13.1. The largest absolute Gasteiger partial charge is 0.455 e. The van der Waals surface area contributed by atoms with Crippen LogP contribution in [0.4, 0.5) is 11.5 Å². The molecule has 48 heavy (non-hydrogen) atoms. The number of hydrogen-bond donors (Lipinski definition) is 3. The summed E-state index contributed by atoms with van der Waals surface area (Å²) in [6, 6.07) is 15.2. The summed E-state index contributed by atoms with van der Waals surface area (Å²) in [5, 5.41) is 0.526. The van der Waals surface area contributed by atoms with Gasteiger partial charge in [-0.3, -0.25) is 9.52 Å². The van der Waals surface area contributed by atoms with Gasteiger partial charge in [-0.2, -0.15) is 8.42 Å². The normalized spacial score (nSPS) is 15.3. The molecule has 1 fully saturated rings. The highest BCUT2D eigenvalue weighted by atomic mass is 35.5. The van der Waals surface area contributed by atoms with Crippen LogP contribution in [0, 0.1) is 16.7 Å². The van der Waals surface area contributed by atoms with E-state index in [2.05, 4.69) is 51.2 Å². The van der Waals surface area contributed by atoms with Crippen LogP contribution in [0.25, 0.3) is 16.8 Å². The number of halogens is 1. The Morgan fingerprint density at radius 3 is 2.12 bits per heavy atom. The number of amides is 1. The summed E-state index contributed by atoms with van der Waals surface area (Å²) in [4.78, 5) is 32.3. The summed E-state index contributed by atoms with van der Waals surface area (Å²) in [5.41, 5.74) is 6.88. The summed E-state index contributed by atoms with van der Waals surface area (Å²) in [6.45, 7) is 13.2. The molecule has 5 rings (SSSR count). The molecule has 0 bridgehead atoms. The third-order valence-corrected chi connectivity index (χ3v) is 10.1. The van der Waals surface area contributed by atoms with E-state index in [1.807, 2.05) is 4.72 Å². The molecule has 2 aromatic carbocycles. The van der Waals surface area contributed by atoms with Crippen molar-refractivity contribution in [3.63, 3.8) is 0 Å². The monoisotopic (exact) mass is 693 g/mol. The van der Waals surface area contributed by atoms with Crippen LogP contribution in [-0.2, 0) is 14.9 Å². The quantitative estimate of drug-likeness (QED) is 0.159. The molecule has 256 valence electrons. The minimum absolute atomic E-state index is 0.0365. The molecule has 4 N–H and O–H groups in total. The Morgan fingerprint density at radius 2 is 1.54 bits per heavy atom. The van der Waals surface area contributed by atoms with Crippen LogP contribution < -0.4 is 15.2 Å². The average molecular weight is 694 g/mol. The number of ether oxygens (including phenoxy) is 1. The number of fused-ring (bicyclic) bond motifs is 1. The molecule has 0 unspecified atom stereocenters. The molecule has 0 aliphatic heterocycles. The number of rotatable bonds is 8. The van der Waals surface area contributed by atoms with Crippen LogP contribution in [-0.4, -0.2) is 35.3 Å². The van der Waals surface area contributed by atoms with Crippen LogP contribution in [0.15, 0.2) is 67.0 Å². The molecule has 12 heteroatoms. The molecular formula is C36H44ClN5O5S. The van der Waals surface area contributed by atoms with Crippen molar-refractivity contribution in [2.75, 3.05) is 10.5 Å². The van der Waals surface area contributed by atoms with Crippen LogP contribution in [0.5, 0.6) is 0 Å². The molecule has 1 saturated carbocycles. The molecule has 1 aliphatic rings. The molecule has 1 aliphatic carbocycles. The number of carbonyl (C=O) groups is 2. The van der Waals surface area contributed by atoms with Gasteiger partial charge >= 0.3 is 16.2 Å². The molecule has 0 radical (unpaired) electrons. The van der Waals surface area contributed by atoms with E-state index in [1.165, 1.54) is 10.6 Å². The molecule has 1 amide bonds. The van der Waals surface area contributed by atoms with Gasteiger partial charge in [0, 0.05) is 28.9 Å². The van der Waals surface area contributed by atoms with Gasteiger partial charge in [-0.15, -0.1) is 0 Å². The summed E-state index contributed by atoms with van der Waals surface area (Å²) >= 11 is 6.20. The number of nitrogens with one attached hydrogen (secondary N) is 2. The van der Waals surface area contributed by atoms with Gasteiger partial charge in [0.1, 0.15) is 17.0 Å². The van der Waals surface area contributed by atoms with Crippen molar-refractivity contribution in [3.05, 3.63) is 83.1 Å². The van der Waals surface area contributed by atoms with Crippen LogP contribution >= 0.6 is 11.6 Å². The fourth-order valence-electron chi connectivity index (χ4n) is 7.91. The predicted octanol–water partition coefficient (Wildman–Crippen LogP) is 7.89. The zero-order valence-corrected chi connectivity index (χ0v) is 29.8. The third-order valence-electron chi connectivity index (χ3n) is 8.89. The number of hydrogen-bond acceptors (Lipinski definition) is 7. The predicted molar refractivity (Wildman–Crippen MR) is 190 cm³/mol. The topological polar surface area (TPSA) is 145 Å². The zero-order chi connectivity index (χ0) is 35.1. The Labute approximate surface area is 287 Å². The van der Waals surface area contributed by atoms with E-state index in [9.17, 15) is 18.0 Å². The second-order valence-electron chi connectivity index (χ2n) is 14.8. The lowest BCUT2D eigenvalue weighted by atomic mass is 9.56. The number of para-hydroxylation sites is 1. The first-order valence-corrected chi connectivity index (χ1v) is 18.0. The van der Waals surface area contributed by atoms with Gasteiger partial charge in [0.15, 0.2) is 5.65 Å². The number of esters is 1. The van der Waals surface area contributed by atoms with E-state index in [0.29, 0.717) is 16.1 Å². The average Bonchev–Trinajstić information content (AvgIpc) is 3.34. The first-order valence-electron chi connectivity index (χ1n) is 16.1. The Hall–Kier alpha value is -4.09. The van der Waals surface area contributed by atoms with E-state index >= 15 is 0 Å². The summed E-state index contributed by atoms with van der Waals surface area (Å²) in [7, 11) is -4.30. The minimum Gasteiger partial charge on any atom is -0.455 e. The lowest BCUT2D eigenvalue weighted by Gasteiger charge is -2.54. The van der Waals surface area contributed by atoms with Gasteiger partial charge in [-0.1, -0.05) is 89.9 Å². The van der Waals surface area contributed by atoms with E-state index in [0.717, 1.165) is 32.1 Å². The molecule has 0 saturated heterocycles. The van der Waals surface area contributed by atoms with Crippen molar-refractivity contribution >= 4 is 50.8 Å². The maximum Gasteiger partial charge on any atom is 0.343 e. The maximum atomic E-state index is 14.6. The number of nitrogens with two attached hydrogens (primary N) is 1. The summed E-state index contributed by atoms with van der Waals surface area (Å²) in [5.74, 6) is -1.74. The summed E-state index contributed by atoms with van der Waals surface area (Å²) < 4.78 is 38.0. The Balaban J connectivity index is 1.59. The van der Waals surface area contributed by atoms with Crippen molar-refractivity contribution in [2.24, 2.45) is 16.7 Å². The highest BCUT2D eigenvalue weighted by Crippen LogP contribution is 2.53. The number of anilines is 2. The van der Waals surface area contributed by atoms with E-state index in [4.69, 9.17) is 22.1 Å². The second-order valence-corrected chi connectivity index (χ2v) is 16.6. The number of carbonyl (C=O) groups excluding carboxylic acids is 2. The number of aromatic nitrogens is 2. The van der Waals surface area contributed by atoms with Gasteiger partial charge in [-0.25, -0.2) is 14.5 Å². The molecule has 2 heterocycles. The number of nitrogen functional groups attached to an aromatic ring is 1. The smallest absolute Gasteiger partial charge is 0.343 e. The number of nitrogens with zero attached hydrogens (tertiary/aromatic N) is 2. The molecule has 0 atom stereocenters. The van der Waals surface area contributed by atoms with Gasteiger partial charge in [0.25, 0.3) is 5.91 Å². The molecule has 2 aromatic heterocycles. The molecule has 4 aromatic rings. The fraction of sp³-hybridized carbons (Fsp3) is 0.417. The van der Waals surface area contributed by atoms with Gasteiger partial charge in [0.05, 0.1) is 11.3 Å². The first-order chi connectivity index (χ1) is 22.4. The maximum absolute atomic E-state index is 14.6. The van der Waals surface area contributed by atoms with Gasteiger partial charge in [0.2, 0.25) is 0 Å². The Bertz CT molecular complexity index is 1910. The molecular weight excluding hydrogens is 650 g/mol. The highest BCUT2D eigenvalue weighted by molar-refractivity contribution is 7.91. The van der Waals surface area contributed by atoms with Crippen LogP contribution in [0.2, 0.25) is 5.02 Å². The molecule has 10 nitrogen and oxygen atoms in total. The lowest BCUT2D eigenvalue weighted by molar-refractivity contribution is -0.136. The number of benzene rings is 2. The Morgan fingerprint density at radius 1 is 0.938 bits per heavy atom. The zero-order valence-electron chi connectivity index (χ0n) is 28.3. The van der Waals surface area contributed by atoms with Crippen LogP contribution in [0.3, 0.4) is 0 Å². The van der Waals surface area contributed by atoms with Crippen molar-refractivity contribution in [2.45, 2.75) is 79.2 Å². The van der Waals surface area contributed by atoms with Crippen molar-refractivity contribution < 1.29 is 22.7 Å². The SMILES string of the molecule is CC(C)(C)C(C(C)(C)C)C1(OC(=O)c2c(-c3ccc(Cl)cc3)cn3cc(C(=O)NS(=O)(=O)Nc4ccccc4)c(N)nc23)CCCCC1. The minimum atomic E-state index is -4.30. The highest BCUT2D eigenvalue weighted by Gasteiger charge is 2.53. The molecule has 0 spiro atoms. The van der Waals surface area contributed by atoms with Crippen molar-refractivity contribution in [3.8, 4) is 11.1 Å². The van der Waals surface area contributed by atoms with E-state index < -0.39 is 27.7 Å². The first kappa shape index (κ1) is 35.2. The van der Waals surface area contributed by atoms with Gasteiger partial charge < -0.3 is 14.9 Å². The van der Waals surface area contributed by atoms with Crippen molar-refractivity contribution in [1.29, 1.82) is 0 Å². The van der Waals surface area contributed by atoms with Crippen LogP contribution in [0.1, 0.15) is 94.4 Å².